The van der Waals surface area contributed by atoms with Gasteiger partial charge in [-0.15, -0.1) is 0 Å². The van der Waals surface area contributed by atoms with Crippen molar-refractivity contribution in [1.29, 1.82) is 0 Å². The molecule has 1 aliphatic rings. The molecule has 0 fully saturated rings. The van der Waals surface area contributed by atoms with E-state index in [0.717, 1.165) is 24.1 Å². The number of aliphatic hydroxyl groups is 1. The second-order valence-electron chi connectivity index (χ2n) is 8.37. The van der Waals surface area contributed by atoms with Crippen molar-refractivity contribution in [2.45, 2.75) is 110 Å². The molecular weight excluding hydrogens is 332 g/mol. The van der Waals surface area contributed by atoms with Crippen LogP contribution in [-0.4, -0.2) is 48.2 Å². The Bertz CT molecular complexity index is 394. The number of aliphatic hydroxyl groups excluding tert-OH is 1. The quantitative estimate of drug-likeness (QED) is 0.170. The maximum Gasteiger partial charge on any atom is 0.182 e. The van der Waals surface area contributed by atoms with Gasteiger partial charge in [-0.3, -0.25) is 4.48 Å². The minimum Gasteiger partial charge on any atom is -0.391 e. The highest BCUT2D eigenvalue weighted by molar-refractivity contribution is 5.60. The third-order valence-corrected chi connectivity index (χ3v) is 6.35. The van der Waals surface area contributed by atoms with Gasteiger partial charge in [0.25, 0.3) is 0 Å². The van der Waals surface area contributed by atoms with Crippen LogP contribution in [0, 0.1) is 0 Å². The van der Waals surface area contributed by atoms with Gasteiger partial charge in [0.15, 0.2) is 6.17 Å². The largest absolute Gasteiger partial charge is 0.391 e. The molecule has 1 N–H and O–H groups in total. The van der Waals surface area contributed by atoms with Crippen molar-refractivity contribution >= 4 is 6.21 Å². The number of likely N-dealkylation sites (N-methyl/N-ethyl adjacent to an activating group) is 1. The lowest BCUT2D eigenvalue weighted by Crippen LogP contribution is -2.53. The van der Waals surface area contributed by atoms with Gasteiger partial charge < -0.3 is 5.11 Å². The first-order valence-electron chi connectivity index (χ1n) is 11.9. The van der Waals surface area contributed by atoms with Crippen LogP contribution in [0.15, 0.2) is 17.1 Å². The third-order valence-electron chi connectivity index (χ3n) is 6.35. The van der Waals surface area contributed by atoms with Crippen molar-refractivity contribution in [3.63, 3.8) is 0 Å². The predicted molar refractivity (Wildman–Crippen MR) is 119 cm³/mol. The van der Waals surface area contributed by atoms with E-state index in [2.05, 4.69) is 32.2 Å². The molecule has 1 heterocycles. The first-order valence-corrected chi connectivity index (χ1v) is 11.9. The summed E-state index contributed by atoms with van der Waals surface area (Å²) in [5.41, 5.74) is 0. The van der Waals surface area contributed by atoms with Crippen molar-refractivity contribution in [2.24, 2.45) is 4.99 Å². The van der Waals surface area contributed by atoms with Gasteiger partial charge in [0.05, 0.1) is 19.4 Å². The fourth-order valence-electron chi connectivity index (χ4n) is 4.40. The highest BCUT2D eigenvalue weighted by atomic mass is 16.3. The van der Waals surface area contributed by atoms with E-state index >= 15 is 0 Å². The normalized spacial score (nSPS) is 22.3. The Morgan fingerprint density at radius 3 is 2.00 bits per heavy atom. The number of hydrogen-bond donors (Lipinski definition) is 1. The lowest BCUT2D eigenvalue weighted by atomic mass is 10.0. The van der Waals surface area contributed by atoms with E-state index in [1.54, 1.807) is 0 Å². The van der Waals surface area contributed by atoms with Gasteiger partial charge >= 0.3 is 0 Å². The Balaban J connectivity index is 1.88. The number of allylic oxidation sites excluding steroid dienone is 2. The standard InChI is InChI=1S/C24H47N2O/c1-3-5-6-7-8-9-10-11-12-13-14-15-16-17-18-19-24-25-20-21-26(24,4-2)22-23-27/h3,5,20,24,27H,4,6-19,21-23H2,1-2H3/q+1/b5-3+. The molecule has 0 aromatic rings. The Kier molecular flexibility index (Phi) is 14.7. The lowest BCUT2D eigenvalue weighted by molar-refractivity contribution is -0.936. The average molecular weight is 380 g/mol. The summed E-state index contributed by atoms with van der Waals surface area (Å²) in [6.45, 7) is 7.58. The molecule has 0 saturated carbocycles. The van der Waals surface area contributed by atoms with E-state index in [1.807, 2.05) is 0 Å². The summed E-state index contributed by atoms with van der Waals surface area (Å²) in [6.07, 6.45) is 26.2. The van der Waals surface area contributed by atoms with Gasteiger partial charge in [-0.05, 0) is 33.1 Å². The highest BCUT2D eigenvalue weighted by Crippen LogP contribution is 2.24. The first kappa shape index (κ1) is 24.4. The molecule has 0 aromatic carbocycles. The number of unbranched alkanes of at least 4 members (excludes halogenated alkanes) is 12. The Hall–Kier alpha value is -0.670. The Morgan fingerprint density at radius 1 is 0.926 bits per heavy atom. The number of aliphatic imine (C=N–C) groups is 1. The summed E-state index contributed by atoms with van der Waals surface area (Å²) >= 11 is 0. The van der Waals surface area contributed by atoms with E-state index in [0.29, 0.717) is 6.17 Å². The molecule has 158 valence electrons. The molecule has 0 amide bonds. The number of quaternary nitrogens is 1. The Morgan fingerprint density at radius 2 is 1.48 bits per heavy atom. The molecule has 0 aliphatic carbocycles. The van der Waals surface area contributed by atoms with Crippen molar-refractivity contribution in [1.82, 2.24) is 0 Å². The van der Waals surface area contributed by atoms with Gasteiger partial charge in [0, 0.05) is 6.42 Å². The summed E-state index contributed by atoms with van der Waals surface area (Å²) in [5, 5.41) is 9.37. The maximum absolute atomic E-state index is 9.37. The van der Waals surface area contributed by atoms with Crippen molar-refractivity contribution in [3.05, 3.63) is 12.2 Å². The SMILES string of the molecule is C/C=C/CCCCCCCCCCCCCCC1N=CC[N+]1(CC)CCO. The predicted octanol–water partition coefficient (Wildman–Crippen LogP) is 6.26. The molecule has 1 rings (SSSR count). The third kappa shape index (κ3) is 10.4. The number of nitrogens with zero attached hydrogens (tertiary/aromatic N) is 2. The van der Waals surface area contributed by atoms with E-state index < -0.39 is 0 Å². The highest BCUT2D eigenvalue weighted by Gasteiger charge is 2.36. The molecule has 27 heavy (non-hydrogen) atoms. The minimum atomic E-state index is 0.282. The molecule has 0 saturated heterocycles. The van der Waals surface area contributed by atoms with Gasteiger partial charge in [-0.1, -0.05) is 76.4 Å². The monoisotopic (exact) mass is 379 g/mol. The molecule has 2 atom stereocenters. The summed E-state index contributed by atoms with van der Waals surface area (Å²) in [6, 6.07) is 0. The van der Waals surface area contributed by atoms with Crippen LogP contribution < -0.4 is 0 Å². The summed E-state index contributed by atoms with van der Waals surface area (Å²) in [7, 11) is 0. The molecule has 2 unspecified atom stereocenters. The zero-order chi connectivity index (χ0) is 19.6. The zero-order valence-corrected chi connectivity index (χ0v) is 18.4. The van der Waals surface area contributed by atoms with E-state index in [1.165, 1.54) is 89.9 Å². The number of rotatable bonds is 18. The topological polar surface area (TPSA) is 32.6 Å². The molecular formula is C24H47N2O+. The van der Waals surface area contributed by atoms with Gasteiger partial charge in [-0.2, -0.15) is 0 Å². The molecule has 0 radical (unpaired) electrons. The summed E-state index contributed by atoms with van der Waals surface area (Å²) in [5.74, 6) is 0. The maximum atomic E-state index is 9.37. The molecule has 3 nitrogen and oxygen atoms in total. The van der Waals surface area contributed by atoms with E-state index in [4.69, 9.17) is 4.99 Å². The van der Waals surface area contributed by atoms with E-state index in [9.17, 15) is 5.11 Å². The van der Waals surface area contributed by atoms with Gasteiger partial charge in [0.2, 0.25) is 0 Å². The van der Waals surface area contributed by atoms with E-state index in [-0.39, 0.29) is 6.61 Å². The minimum absolute atomic E-state index is 0.282. The van der Waals surface area contributed by atoms with Crippen LogP contribution in [-0.2, 0) is 0 Å². The van der Waals surface area contributed by atoms with Crippen molar-refractivity contribution < 1.29 is 9.59 Å². The molecule has 0 bridgehead atoms. The van der Waals surface area contributed by atoms with Crippen LogP contribution in [0.3, 0.4) is 0 Å². The zero-order valence-electron chi connectivity index (χ0n) is 18.4. The van der Waals surface area contributed by atoms with Crippen LogP contribution in [0.5, 0.6) is 0 Å². The van der Waals surface area contributed by atoms with Crippen molar-refractivity contribution in [2.75, 3.05) is 26.2 Å². The second-order valence-corrected chi connectivity index (χ2v) is 8.37. The van der Waals surface area contributed by atoms with Crippen LogP contribution >= 0.6 is 0 Å². The smallest absolute Gasteiger partial charge is 0.182 e. The Labute approximate surface area is 169 Å². The number of hydrogen-bond acceptors (Lipinski definition) is 2. The van der Waals surface area contributed by atoms with Crippen LogP contribution in [0.2, 0.25) is 0 Å². The van der Waals surface area contributed by atoms with Gasteiger partial charge in [-0.25, -0.2) is 4.99 Å². The fraction of sp³-hybridized carbons (Fsp3) is 0.875. The van der Waals surface area contributed by atoms with Crippen molar-refractivity contribution in [3.8, 4) is 0 Å². The summed E-state index contributed by atoms with van der Waals surface area (Å²) < 4.78 is 0.978. The molecule has 0 spiro atoms. The summed E-state index contributed by atoms with van der Waals surface area (Å²) in [4.78, 5) is 4.72. The van der Waals surface area contributed by atoms with Crippen LogP contribution in [0.1, 0.15) is 104 Å². The van der Waals surface area contributed by atoms with Gasteiger partial charge in [0.1, 0.15) is 13.1 Å². The van der Waals surface area contributed by atoms with Crippen LogP contribution in [0.4, 0.5) is 0 Å². The lowest BCUT2D eigenvalue weighted by Gasteiger charge is -2.37. The molecule has 3 heteroatoms. The fourth-order valence-corrected chi connectivity index (χ4v) is 4.40. The second kappa shape index (κ2) is 16.3. The average Bonchev–Trinajstić information content (AvgIpc) is 3.08. The molecule has 1 aliphatic heterocycles. The van der Waals surface area contributed by atoms with Crippen LogP contribution in [0.25, 0.3) is 0 Å². The molecule has 0 aromatic heterocycles. The first-order chi connectivity index (χ1) is 13.3.